The van der Waals surface area contributed by atoms with Crippen LogP contribution in [-0.4, -0.2) is 50.6 Å². The highest BCUT2D eigenvalue weighted by molar-refractivity contribution is 7.53. The summed E-state index contributed by atoms with van der Waals surface area (Å²) in [7, 11) is -0.528. The number of benzene rings is 3. The summed E-state index contributed by atoms with van der Waals surface area (Å²) < 4.78 is 36.2. The molecule has 8 nitrogen and oxygen atoms in total. The van der Waals surface area contributed by atoms with Crippen LogP contribution < -0.4 is 0 Å². The Morgan fingerprint density at radius 2 is 1.23 bits per heavy atom. The molecule has 0 aliphatic carbocycles. The van der Waals surface area contributed by atoms with E-state index in [1.165, 1.54) is 19.3 Å². The smallest absolute Gasteiger partial charge is 0.330 e. The molecule has 3 aromatic carbocycles. The van der Waals surface area contributed by atoms with Crippen molar-refractivity contribution in [2.24, 2.45) is 5.92 Å². The van der Waals surface area contributed by atoms with Crippen LogP contribution in [0.4, 0.5) is 0 Å². The number of hydroxylamine groups is 2. The van der Waals surface area contributed by atoms with E-state index in [1.807, 2.05) is 97.9 Å². The minimum absolute atomic E-state index is 0.152. The summed E-state index contributed by atoms with van der Waals surface area (Å²) in [4.78, 5) is 17.7. The van der Waals surface area contributed by atoms with Crippen LogP contribution in [0.1, 0.15) is 30.0 Å². The van der Waals surface area contributed by atoms with Crippen molar-refractivity contribution in [3.8, 4) is 0 Å². The lowest BCUT2D eigenvalue weighted by Gasteiger charge is -2.34. The number of carbonyl (C=O) groups is 1. The molecule has 3 atom stereocenters. The average molecular weight is 570 g/mol. The Bertz CT molecular complexity index is 1140. The lowest BCUT2D eigenvalue weighted by Crippen LogP contribution is -2.42. The zero-order valence-electron chi connectivity index (χ0n) is 23.5. The van der Waals surface area contributed by atoms with Crippen LogP contribution in [-0.2, 0) is 52.5 Å². The molecule has 9 heteroatoms. The number of amides is 1. The van der Waals surface area contributed by atoms with Crippen LogP contribution in [0, 0.1) is 5.92 Å². The van der Waals surface area contributed by atoms with Crippen LogP contribution in [0.2, 0.25) is 0 Å². The van der Waals surface area contributed by atoms with Crippen molar-refractivity contribution in [1.82, 2.24) is 5.06 Å². The fraction of sp³-hybridized carbons (Fsp3) is 0.387. The van der Waals surface area contributed by atoms with Crippen molar-refractivity contribution in [3.05, 3.63) is 108 Å². The molecule has 3 rings (SSSR count). The normalized spacial score (nSPS) is 13.9. The highest BCUT2D eigenvalue weighted by Gasteiger charge is 2.33. The molecule has 0 radical (unpaired) electrons. The van der Waals surface area contributed by atoms with E-state index in [2.05, 4.69) is 0 Å². The summed E-state index contributed by atoms with van der Waals surface area (Å²) in [6.45, 7) is 3.21. The van der Waals surface area contributed by atoms with Gasteiger partial charge in [0.05, 0.1) is 38.1 Å². The van der Waals surface area contributed by atoms with Gasteiger partial charge in [-0.05, 0) is 23.1 Å². The van der Waals surface area contributed by atoms with E-state index in [4.69, 9.17) is 23.4 Å². The Labute approximate surface area is 237 Å². The van der Waals surface area contributed by atoms with E-state index in [9.17, 15) is 9.36 Å². The van der Waals surface area contributed by atoms with Gasteiger partial charge in [0, 0.05) is 20.1 Å². The Hall–Kier alpha value is -2.84. The van der Waals surface area contributed by atoms with Gasteiger partial charge in [-0.2, -0.15) is 0 Å². The van der Waals surface area contributed by atoms with Gasteiger partial charge in [-0.3, -0.25) is 14.2 Å². The maximum atomic E-state index is 12.9. The predicted molar refractivity (Wildman–Crippen MR) is 154 cm³/mol. The zero-order valence-corrected chi connectivity index (χ0v) is 24.4. The molecular weight excluding hydrogens is 529 g/mol. The molecule has 216 valence electrons. The predicted octanol–water partition coefficient (Wildman–Crippen LogP) is 6.26. The molecule has 0 aliphatic heterocycles. The van der Waals surface area contributed by atoms with E-state index in [-0.39, 0.29) is 25.2 Å². The molecule has 0 saturated heterocycles. The number of carbonyl (C=O) groups excluding carboxylic acids is 1. The van der Waals surface area contributed by atoms with Gasteiger partial charge in [-0.15, -0.1) is 0 Å². The summed E-state index contributed by atoms with van der Waals surface area (Å²) in [6.07, 6.45) is 0.257. The van der Waals surface area contributed by atoms with Crippen molar-refractivity contribution in [2.45, 2.75) is 45.4 Å². The molecular formula is C31H40NO7P. The topological polar surface area (TPSA) is 83.5 Å². The van der Waals surface area contributed by atoms with Gasteiger partial charge in [0.2, 0.25) is 6.41 Å². The molecule has 3 unspecified atom stereocenters. The molecule has 40 heavy (non-hydrogen) atoms. The highest BCUT2D eigenvalue weighted by Crippen LogP contribution is 2.47. The van der Waals surface area contributed by atoms with Gasteiger partial charge < -0.3 is 18.5 Å². The minimum atomic E-state index is -3.28. The third-order valence-electron chi connectivity index (χ3n) is 6.59. The lowest BCUT2D eigenvalue weighted by atomic mass is 9.97. The average Bonchev–Trinajstić information content (AvgIpc) is 3.01. The van der Waals surface area contributed by atoms with Gasteiger partial charge in [0.1, 0.15) is 6.61 Å². The summed E-state index contributed by atoms with van der Waals surface area (Å²) in [5.74, 6) is -0.199. The Kier molecular flexibility index (Phi) is 13.5. The maximum Gasteiger partial charge on any atom is 0.330 e. The summed E-state index contributed by atoms with van der Waals surface area (Å²) in [6, 6.07) is 29.3. The van der Waals surface area contributed by atoms with Crippen molar-refractivity contribution in [3.63, 3.8) is 0 Å². The van der Waals surface area contributed by atoms with Gasteiger partial charge in [0.15, 0.2) is 0 Å². The molecule has 0 N–H and O–H groups in total. The number of rotatable bonds is 19. The lowest BCUT2D eigenvalue weighted by molar-refractivity contribution is -0.189. The fourth-order valence-electron chi connectivity index (χ4n) is 4.31. The summed E-state index contributed by atoms with van der Waals surface area (Å²) in [5, 5.41) is 1.29. The summed E-state index contributed by atoms with van der Waals surface area (Å²) in [5.41, 5.74) is 2.97. The Balaban J connectivity index is 1.79. The quantitative estimate of drug-likeness (QED) is 0.0957. The molecule has 1 amide bonds. The molecule has 0 heterocycles. The van der Waals surface area contributed by atoms with Crippen LogP contribution >= 0.6 is 7.60 Å². The second-order valence-electron chi connectivity index (χ2n) is 9.53. The molecule has 0 aliphatic rings. The number of ether oxygens (including phenoxy) is 2. The maximum absolute atomic E-state index is 12.9. The molecule has 0 fully saturated rings. The molecule has 0 spiro atoms. The fourth-order valence-corrected chi connectivity index (χ4v) is 5.40. The molecule has 3 aromatic rings. The first kappa shape index (κ1) is 31.7. The van der Waals surface area contributed by atoms with E-state index >= 15 is 0 Å². The van der Waals surface area contributed by atoms with Crippen molar-refractivity contribution in [1.29, 1.82) is 0 Å². The number of hydrogen-bond donors (Lipinski definition) is 0. The van der Waals surface area contributed by atoms with E-state index in [1.54, 1.807) is 0 Å². The SMILES string of the molecule is COP(=O)(CCC(OCc1ccccc1)C(OCc1ccccc1)C(C)CN(C=O)OCc1ccccc1)OC. The minimum Gasteiger partial charge on any atom is -0.371 e. The molecule has 0 saturated carbocycles. The highest BCUT2D eigenvalue weighted by atomic mass is 31.2. The van der Waals surface area contributed by atoms with Crippen molar-refractivity contribution >= 4 is 14.0 Å². The van der Waals surface area contributed by atoms with E-state index in [0.29, 0.717) is 26.0 Å². The third-order valence-corrected chi connectivity index (χ3v) is 8.51. The first-order valence-corrected chi connectivity index (χ1v) is 15.1. The Morgan fingerprint density at radius 3 is 1.70 bits per heavy atom. The standard InChI is InChI=1S/C31H40NO7P/c1-26(21-32(25-33)39-24-29-17-11-6-12-18-29)31(38-23-28-15-9-5-10-16-28)30(19-20-40(34,35-2)36-3)37-22-27-13-7-4-8-14-27/h4-18,25-26,30-31H,19-24H2,1-3H3. The third kappa shape index (κ3) is 10.6. The van der Waals surface area contributed by atoms with Crippen LogP contribution in [0.3, 0.4) is 0 Å². The van der Waals surface area contributed by atoms with Gasteiger partial charge in [0.25, 0.3) is 0 Å². The second kappa shape index (κ2) is 17.1. The van der Waals surface area contributed by atoms with Crippen LogP contribution in [0.5, 0.6) is 0 Å². The van der Waals surface area contributed by atoms with Gasteiger partial charge in [-0.1, -0.05) is 97.9 Å². The zero-order chi connectivity index (χ0) is 28.6. The first-order chi connectivity index (χ1) is 19.5. The monoisotopic (exact) mass is 569 g/mol. The van der Waals surface area contributed by atoms with E-state index < -0.39 is 19.8 Å². The number of nitrogens with zero attached hydrogens (tertiary/aromatic N) is 1. The summed E-state index contributed by atoms with van der Waals surface area (Å²) >= 11 is 0. The van der Waals surface area contributed by atoms with E-state index in [0.717, 1.165) is 16.7 Å². The van der Waals surface area contributed by atoms with Crippen molar-refractivity contribution < 1.29 is 32.7 Å². The first-order valence-electron chi connectivity index (χ1n) is 13.4. The van der Waals surface area contributed by atoms with Gasteiger partial charge >= 0.3 is 7.60 Å². The molecule has 0 bridgehead atoms. The largest absolute Gasteiger partial charge is 0.371 e. The second-order valence-corrected chi connectivity index (χ2v) is 11.9. The van der Waals surface area contributed by atoms with Crippen molar-refractivity contribution in [2.75, 3.05) is 26.9 Å². The Morgan fingerprint density at radius 1 is 0.750 bits per heavy atom. The van der Waals surface area contributed by atoms with Crippen LogP contribution in [0.25, 0.3) is 0 Å². The van der Waals surface area contributed by atoms with Crippen LogP contribution in [0.15, 0.2) is 91.0 Å². The molecule has 0 aromatic heterocycles. The van der Waals surface area contributed by atoms with Gasteiger partial charge in [-0.25, -0.2) is 5.06 Å². The number of hydrogen-bond acceptors (Lipinski definition) is 7.